The van der Waals surface area contributed by atoms with Crippen LogP contribution in [0, 0.1) is 6.92 Å². The number of rotatable bonds is 3. The van der Waals surface area contributed by atoms with Crippen LogP contribution in [0.2, 0.25) is 0 Å². The summed E-state index contributed by atoms with van der Waals surface area (Å²) in [5.74, 6) is 1.00. The van der Waals surface area contributed by atoms with Crippen molar-refractivity contribution in [1.82, 2.24) is 10.3 Å². The summed E-state index contributed by atoms with van der Waals surface area (Å²) in [4.78, 5) is 19.3. The molecule has 0 radical (unpaired) electrons. The molecule has 0 aromatic carbocycles. The summed E-state index contributed by atoms with van der Waals surface area (Å²) in [6.45, 7) is 4.96. The van der Waals surface area contributed by atoms with E-state index in [4.69, 9.17) is 10.5 Å². The number of aromatic nitrogens is 1. The average molecular weight is 391 g/mol. The van der Waals surface area contributed by atoms with Crippen LogP contribution in [0.3, 0.4) is 0 Å². The largest absolute Gasteiger partial charge is 0.381 e. The number of ether oxygens (including phenoxy) is 1. The number of carbonyl (C=O) groups excluding carboxylic acids is 1. The molecule has 25 heavy (non-hydrogen) atoms. The summed E-state index contributed by atoms with van der Waals surface area (Å²) in [7, 11) is 0. The molecule has 6 nitrogen and oxygen atoms in total. The van der Waals surface area contributed by atoms with Crippen molar-refractivity contribution in [2.45, 2.75) is 44.2 Å². The number of amides is 1. The molecule has 0 unspecified atom stereocenters. The molecule has 8 heteroatoms. The molecule has 2 fully saturated rings. The van der Waals surface area contributed by atoms with Crippen molar-refractivity contribution >= 4 is 36.5 Å². The molecule has 2 saturated heterocycles. The SMILES string of the molecule is Cc1cccc(N2CCC(NC(=O)C3(N)CCOCC3)CC2)n1.Cl.Cl. The third-order valence-electron chi connectivity index (χ3n) is 4.87. The van der Waals surface area contributed by atoms with E-state index in [0.717, 1.165) is 37.4 Å². The van der Waals surface area contributed by atoms with Crippen molar-refractivity contribution in [2.24, 2.45) is 5.73 Å². The molecule has 142 valence electrons. The highest BCUT2D eigenvalue weighted by molar-refractivity contribution is 5.86. The second kappa shape index (κ2) is 9.57. The molecule has 0 aliphatic carbocycles. The molecule has 0 atom stereocenters. The van der Waals surface area contributed by atoms with Crippen LogP contribution in [0.5, 0.6) is 0 Å². The third-order valence-corrected chi connectivity index (χ3v) is 4.87. The van der Waals surface area contributed by atoms with Crippen molar-refractivity contribution < 1.29 is 9.53 Å². The van der Waals surface area contributed by atoms with E-state index in [1.165, 1.54) is 0 Å². The summed E-state index contributed by atoms with van der Waals surface area (Å²) >= 11 is 0. The minimum Gasteiger partial charge on any atom is -0.381 e. The predicted molar refractivity (Wildman–Crippen MR) is 104 cm³/mol. The average Bonchev–Trinajstić information content (AvgIpc) is 2.56. The van der Waals surface area contributed by atoms with Gasteiger partial charge in [0.25, 0.3) is 0 Å². The Morgan fingerprint density at radius 1 is 1.28 bits per heavy atom. The first-order chi connectivity index (χ1) is 11.1. The Morgan fingerprint density at radius 3 is 2.52 bits per heavy atom. The number of halogens is 2. The van der Waals surface area contributed by atoms with E-state index >= 15 is 0 Å². The Kier molecular flexibility index (Phi) is 8.41. The maximum atomic E-state index is 12.5. The lowest BCUT2D eigenvalue weighted by molar-refractivity contribution is -0.130. The molecule has 0 bridgehead atoms. The summed E-state index contributed by atoms with van der Waals surface area (Å²) in [6, 6.07) is 6.29. The van der Waals surface area contributed by atoms with Crippen LogP contribution in [0.25, 0.3) is 0 Å². The number of hydrogen-bond acceptors (Lipinski definition) is 5. The standard InChI is InChI=1S/C17H26N4O2.2ClH/c1-13-3-2-4-15(19-13)21-9-5-14(6-10-21)20-16(22)17(18)7-11-23-12-8-17;;/h2-4,14H,5-12,18H2,1H3,(H,20,22);2*1H. The van der Waals surface area contributed by atoms with E-state index in [0.29, 0.717) is 26.1 Å². The molecule has 1 amide bonds. The van der Waals surface area contributed by atoms with Crippen LogP contribution in [0.1, 0.15) is 31.4 Å². The molecule has 1 aromatic heterocycles. The lowest BCUT2D eigenvalue weighted by atomic mass is 9.89. The van der Waals surface area contributed by atoms with Crippen molar-refractivity contribution in [3.05, 3.63) is 23.9 Å². The zero-order valence-corrected chi connectivity index (χ0v) is 16.2. The van der Waals surface area contributed by atoms with Crippen LogP contribution in [-0.4, -0.2) is 48.8 Å². The highest BCUT2D eigenvalue weighted by Gasteiger charge is 2.37. The minimum atomic E-state index is -0.756. The zero-order chi connectivity index (χ0) is 16.3. The fourth-order valence-corrected chi connectivity index (χ4v) is 3.25. The Labute approximate surface area is 161 Å². The normalized spacial score (nSPS) is 20.2. The molecule has 3 N–H and O–H groups in total. The summed E-state index contributed by atoms with van der Waals surface area (Å²) in [5.41, 5.74) is 6.52. The van der Waals surface area contributed by atoms with Gasteiger partial charge in [-0.3, -0.25) is 4.79 Å². The topological polar surface area (TPSA) is 80.5 Å². The van der Waals surface area contributed by atoms with Gasteiger partial charge in [-0.25, -0.2) is 4.98 Å². The molecule has 0 saturated carbocycles. The fourth-order valence-electron chi connectivity index (χ4n) is 3.25. The summed E-state index contributed by atoms with van der Waals surface area (Å²) in [6.07, 6.45) is 3.05. The van der Waals surface area contributed by atoms with Crippen LogP contribution in [0.4, 0.5) is 5.82 Å². The van der Waals surface area contributed by atoms with E-state index in [9.17, 15) is 4.79 Å². The Morgan fingerprint density at radius 2 is 1.92 bits per heavy atom. The first kappa shape index (κ1) is 22.0. The van der Waals surface area contributed by atoms with Crippen molar-refractivity contribution in [3.63, 3.8) is 0 Å². The number of nitrogens with one attached hydrogen (secondary N) is 1. The molecular formula is C17H28Cl2N4O2. The van der Waals surface area contributed by atoms with Gasteiger partial charge in [-0.15, -0.1) is 24.8 Å². The number of nitrogens with zero attached hydrogens (tertiary/aromatic N) is 2. The fraction of sp³-hybridized carbons (Fsp3) is 0.647. The second-order valence-corrected chi connectivity index (χ2v) is 6.64. The molecule has 0 spiro atoms. The predicted octanol–water partition coefficient (Wildman–Crippen LogP) is 1.83. The minimum absolute atomic E-state index is 0. The van der Waals surface area contributed by atoms with Crippen LogP contribution >= 0.6 is 24.8 Å². The van der Waals surface area contributed by atoms with E-state index in [-0.39, 0.29) is 36.8 Å². The molecule has 3 heterocycles. The summed E-state index contributed by atoms with van der Waals surface area (Å²) < 4.78 is 5.30. The van der Waals surface area contributed by atoms with E-state index in [1.54, 1.807) is 0 Å². The maximum absolute atomic E-state index is 12.5. The van der Waals surface area contributed by atoms with Gasteiger partial charge in [-0.2, -0.15) is 0 Å². The summed E-state index contributed by atoms with van der Waals surface area (Å²) in [5, 5.41) is 3.15. The quantitative estimate of drug-likeness (QED) is 0.822. The lowest BCUT2D eigenvalue weighted by Gasteiger charge is -2.37. The number of hydrogen-bond donors (Lipinski definition) is 2. The van der Waals surface area contributed by atoms with Gasteiger partial charge in [0.05, 0.1) is 5.54 Å². The van der Waals surface area contributed by atoms with Gasteiger partial charge in [0.15, 0.2) is 0 Å². The van der Waals surface area contributed by atoms with Crippen molar-refractivity contribution in [1.29, 1.82) is 0 Å². The number of carbonyl (C=O) groups is 1. The van der Waals surface area contributed by atoms with E-state index in [1.807, 2.05) is 25.1 Å². The first-order valence-corrected chi connectivity index (χ1v) is 8.43. The molecule has 3 rings (SSSR count). The monoisotopic (exact) mass is 390 g/mol. The smallest absolute Gasteiger partial charge is 0.240 e. The van der Waals surface area contributed by atoms with Gasteiger partial charge < -0.3 is 20.7 Å². The molecular weight excluding hydrogens is 363 g/mol. The molecule has 2 aliphatic rings. The van der Waals surface area contributed by atoms with Crippen LogP contribution in [-0.2, 0) is 9.53 Å². The highest BCUT2D eigenvalue weighted by atomic mass is 35.5. The Balaban J connectivity index is 0.00000156. The van der Waals surface area contributed by atoms with Gasteiger partial charge >= 0.3 is 0 Å². The van der Waals surface area contributed by atoms with Crippen molar-refractivity contribution in [2.75, 3.05) is 31.2 Å². The van der Waals surface area contributed by atoms with Gasteiger partial charge in [0, 0.05) is 38.0 Å². The number of piperidine rings is 1. The Hall–Kier alpha value is -1.08. The van der Waals surface area contributed by atoms with Crippen LogP contribution < -0.4 is 16.0 Å². The van der Waals surface area contributed by atoms with Gasteiger partial charge in [-0.1, -0.05) is 6.07 Å². The molecule has 1 aromatic rings. The lowest BCUT2D eigenvalue weighted by Crippen LogP contribution is -2.59. The number of nitrogens with two attached hydrogens (primary N) is 1. The highest BCUT2D eigenvalue weighted by Crippen LogP contribution is 2.21. The van der Waals surface area contributed by atoms with Crippen molar-refractivity contribution in [3.8, 4) is 0 Å². The van der Waals surface area contributed by atoms with Gasteiger partial charge in [0.2, 0.25) is 5.91 Å². The van der Waals surface area contributed by atoms with Gasteiger partial charge in [0.1, 0.15) is 5.82 Å². The first-order valence-electron chi connectivity index (χ1n) is 8.43. The maximum Gasteiger partial charge on any atom is 0.240 e. The van der Waals surface area contributed by atoms with E-state index in [2.05, 4.69) is 15.2 Å². The van der Waals surface area contributed by atoms with Gasteiger partial charge in [-0.05, 0) is 44.7 Å². The number of aryl methyl sites for hydroxylation is 1. The number of anilines is 1. The Bertz CT molecular complexity index is 559. The third kappa shape index (κ3) is 5.45. The molecule has 2 aliphatic heterocycles. The second-order valence-electron chi connectivity index (χ2n) is 6.64. The number of pyridine rings is 1. The zero-order valence-electron chi connectivity index (χ0n) is 14.6. The van der Waals surface area contributed by atoms with E-state index < -0.39 is 5.54 Å². The van der Waals surface area contributed by atoms with Crippen LogP contribution in [0.15, 0.2) is 18.2 Å².